The minimum Gasteiger partial charge on any atom is -0.342 e. The van der Waals surface area contributed by atoms with E-state index >= 15 is 0 Å². The van der Waals surface area contributed by atoms with Crippen LogP contribution in [0, 0.1) is 0 Å². The number of carbonyl (C=O) groups excluding carboxylic acids is 1. The molecule has 4 nitrogen and oxygen atoms in total. The molecule has 1 amide bonds. The van der Waals surface area contributed by atoms with Crippen molar-refractivity contribution in [2.45, 2.75) is 25.9 Å². The quantitative estimate of drug-likeness (QED) is 0.678. The van der Waals surface area contributed by atoms with Crippen LogP contribution in [0.15, 0.2) is 0 Å². The highest BCUT2D eigenvalue weighted by Crippen LogP contribution is 2.03. The van der Waals surface area contributed by atoms with Gasteiger partial charge < -0.3 is 10.2 Å². The summed E-state index contributed by atoms with van der Waals surface area (Å²) in [5, 5.41) is 3.20. The zero-order chi connectivity index (χ0) is 10.7. The van der Waals surface area contributed by atoms with Crippen LogP contribution in [0.1, 0.15) is 13.8 Å². The molecular weight excluding hydrogens is 178 g/mol. The van der Waals surface area contributed by atoms with Crippen molar-refractivity contribution in [2.75, 3.05) is 33.7 Å². The molecular formula is C10H21N3O. The van der Waals surface area contributed by atoms with Crippen molar-refractivity contribution < 1.29 is 4.79 Å². The Morgan fingerprint density at radius 2 is 2.00 bits per heavy atom. The molecule has 0 aromatic carbocycles. The van der Waals surface area contributed by atoms with Crippen LogP contribution in [0.2, 0.25) is 0 Å². The van der Waals surface area contributed by atoms with E-state index in [2.05, 4.69) is 10.2 Å². The number of amides is 1. The lowest BCUT2D eigenvalue weighted by Gasteiger charge is -2.36. The van der Waals surface area contributed by atoms with Crippen LogP contribution >= 0.6 is 0 Å². The third kappa shape index (κ3) is 2.69. The molecule has 0 radical (unpaired) electrons. The van der Waals surface area contributed by atoms with Crippen LogP contribution < -0.4 is 5.32 Å². The fourth-order valence-electron chi connectivity index (χ4n) is 1.33. The predicted octanol–water partition coefficient (Wildman–Crippen LogP) is -0.243. The van der Waals surface area contributed by atoms with Gasteiger partial charge in [0.05, 0.1) is 6.54 Å². The van der Waals surface area contributed by atoms with Crippen LogP contribution in [0.5, 0.6) is 0 Å². The fourth-order valence-corrected chi connectivity index (χ4v) is 1.33. The lowest BCUT2D eigenvalue weighted by atomic mass is 10.1. The average molecular weight is 199 g/mol. The molecule has 0 saturated carbocycles. The lowest BCUT2D eigenvalue weighted by Crippen LogP contribution is -2.57. The van der Waals surface area contributed by atoms with Crippen molar-refractivity contribution in [3.8, 4) is 0 Å². The predicted molar refractivity (Wildman–Crippen MR) is 57.2 cm³/mol. The Labute approximate surface area is 86.2 Å². The van der Waals surface area contributed by atoms with Crippen LogP contribution in [0.3, 0.4) is 0 Å². The molecule has 0 aromatic rings. The van der Waals surface area contributed by atoms with Crippen molar-refractivity contribution in [1.82, 2.24) is 15.1 Å². The highest BCUT2D eigenvalue weighted by atomic mass is 16.2. The van der Waals surface area contributed by atoms with Gasteiger partial charge in [0.1, 0.15) is 0 Å². The summed E-state index contributed by atoms with van der Waals surface area (Å²) in [6.45, 7) is 6.61. The van der Waals surface area contributed by atoms with Crippen molar-refractivity contribution in [1.29, 1.82) is 0 Å². The van der Waals surface area contributed by atoms with E-state index in [1.807, 2.05) is 27.9 Å². The molecule has 82 valence electrons. The number of rotatable bonds is 4. The summed E-state index contributed by atoms with van der Waals surface area (Å²) >= 11 is 0. The first-order chi connectivity index (χ1) is 6.52. The number of carbonyl (C=O) groups is 1. The molecule has 0 aromatic heterocycles. The summed E-state index contributed by atoms with van der Waals surface area (Å²) in [6, 6.07) is 0.829. The first-order valence-electron chi connectivity index (χ1n) is 5.19. The maximum absolute atomic E-state index is 11.7. The Balaban J connectivity index is 2.31. The molecule has 1 aliphatic rings. The number of hydrogen-bond acceptors (Lipinski definition) is 3. The Morgan fingerprint density at radius 1 is 1.43 bits per heavy atom. The van der Waals surface area contributed by atoms with E-state index < -0.39 is 0 Å². The number of hydrogen-bond donors (Lipinski definition) is 1. The Kier molecular flexibility index (Phi) is 3.89. The second-order valence-electron chi connectivity index (χ2n) is 4.33. The standard InChI is InChI=1S/C10H21N3O/c1-8(2)13(4)10(14)7-12(3)9-5-11-6-9/h8-9,11H,5-7H2,1-4H3. The van der Waals surface area contributed by atoms with Gasteiger partial charge >= 0.3 is 0 Å². The summed E-state index contributed by atoms with van der Waals surface area (Å²) in [7, 11) is 3.87. The van der Waals surface area contributed by atoms with Gasteiger partial charge in [-0.3, -0.25) is 9.69 Å². The second kappa shape index (κ2) is 4.75. The van der Waals surface area contributed by atoms with Crippen molar-refractivity contribution in [2.24, 2.45) is 0 Å². The highest BCUT2D eigenvalue weighted by molar-refractivity contribution is 5.78. The van der Waals surface area contributed by atoms with E-state index in [1.165, 1.54) is 0 Å². The van der Waals surface area contributed by atoms with Gasteiger partial charge in [0.25, 0.3) is 0 Å². The van der Waals surface area contributed by atoms with Crippen LogP contribution in [0.4, 0.5) is 0 Å². The minimum atomic E-state index is 0.203. The Hall–Kier alpha value is -0.610. The van der Waals surface area contributed by atoms with Gasteiger partial charge in [-0.2, -0.15) is 0 Å². The van der Waals surface area contributed by atoms with Crippen molar-refractivity contribution in [3.05, 3.63) is 0 Å². The lowest BCUT2D eigenvalue weighted by molar-refractivity contribution is -0.133. The van der Waals surface area contributed by atoms with Gasteiger partial charge in [0.2, 0.25) is 5.91 Å². The molecule has 1 aliphatic heterocycles. The first kappa shape index (κ1) is 11.5. The van der Waals surface area contributed by atoms with E-state index in [4.69, 9.17) is 0 Å². The van der Waals surface area contributed by atoms with Gasteiger partial charge in [-0.1, -0.05) is 0 Å². The molecule has 1 saturated heterocycles. The molecule has 0 atom stereocenters. The van der Waals surface area contributed by atoms with Crippen LogP contribution in [-0.2, 0) is 4.79 Å². The number of nitrogens with one attached hydrogen (secondary N) is 1. The molecule has 1 fully saturated rings. The summed E-state index contributed by atoms with van der Waals surface area (Å²) in [5.41, 5.74) is 0. The monoisotopic (exact) mass is 199 g/mol. The molecule has 14 heavy (non-hydrogen) atoms. The third-order valence-electron chi connectivity index (χ3n) is 2.94. The van der Waals surface area contributed by atoms with E-state index in [-0.39, 0.29) is 11.9 Å². The van der Waals surface area contributed by atoms with E-state index in [1.54, 1.807) is 4.90 Å². The van der Waals surface area contributed by atoms with Gasteiger partial charge in [0, 0.05) is 32.2 Å². The zero-order valence-corrected chi connectivity index (χ0v) is 9.58. The van der Waals surface area contributed by atoms with E-state index in [9.17, 15) is 4.79 Å². The first-order valence-corrected chi connectivity index (χ1v) is 5.19. The maximum Gasteiger partial charge on any atom is 0.236 e. The minimum absolute atomic E-state index is 0.203. The average Bonchev–Trinajstić information content (AvgIpc) is 1.98. The van der Waals surface area contributed by atoms with Crippen LogP contribution in [0.25, 0.3) is 0 Å². The van der Waals surface area contributed by atoms with Gasteiger partial charge in [-0.25, -0.2) is 0 Å². The normalized spacial score (nSPS) is 17.3. The fraction of sp³-hybridized carbons (Fsp3) is 0.900. The SMILES string of the molecule is CC(C)N(C)C(=O)CN(C)C1CNC1. The summed E-state index contributed by atoms with van der Waals surface area (Å²) in [5.74, 6) is 0.203. The topological polar surface area (TPSA) is 35.6 Å². The molecule has 0 bridgehead atoms. The summed E-state index contributed by atoms with van der Waals surface area (Å²) in [4.78, 5) is 15.6. The molecule has 0 spiro atoms. The van der Waals surface area contributed by atoms with Gasteiger partial charge in [0.15, 0.2) is 0 Å². The van der Waals surface area contributed by atoms with Gasteiger partial charge in [-0.15, -0.1) is 0 Å². The van der Waals surface area contributed by atoms with Crippen molar-refractivity contribution >= 4 is 5.91 Å². The Morgan fingerprint density at radius 3 is 2.36 bits per heavy atom. The molecule has 0 aliphatic carbocycles. The van der Waals surface area contributed by atoms with Gasteiger partial charge in [-0.05, 0) is 20.9 Å². The van der Waals surface area contributed by atoms with Crippen molar-refractivity contribution in [3.63, 3.8) is 0 Å². The van der Waals surface area contributed by atoms with E-state index in [0.29, 0.717) is 12.6 Å². The maximum atomic E-state index is 11.7. The zero-order valence-electron chi connectivity index (χ0n) is 9.58. The molecule has 1 heterocycles. The second-order valence-corrected chi connectivity index (χ2v) is 4.33. The van der Waals surface area contributed by atoms with E-state index in [0.717, 1.165) is 13.1 Å². The highest BCUT2D eigenvalue weighted by Gasteiger charge is 2.24. The molecule has 4 heteroatoms. The largest absolute Gasteiger partial charge is 0.342 e. The van der Waals surface area contributed by atoms with Crippen LogP contribution in [-0.4, -0.2) is 61.5 Å². The summed E-state index contributed by atoms with van der Waals surface area (Å²) in [6.07, 6.45) is 0. The smallest absolute Gasteiger partial charge is 0.236 e. The number of likely N-dealkylation sites (N-methyl/N-ethyl adjacent to an activating group) is 2. The number of nitrogens with zero attached hydrogens (tertiary/aromatic N) is 2. The third-order valence-corrected chi connectivity index (χ3v) is 2.94. The molecule has 0 unspecified atom stereocenters. The Bertz CT molecular complexity index is 202. The molecule has 1 N–H and O–H groups in total. The molecule has 1 rings (SSSR count). The summed E-state index contributed by atoms with van der Waals surface area (Å²) < 4.78 is 0.